The first-order valence-electron chi connectivity index (χ1n) is 5.94. The highest BCUT2D eigenvalue weighted by atomic mass is 127. The summed E-state index contributed by atoms with van der Waals surface area (Å²) in [5.41, 5.74) is 0.925. The molecule has 0 aliphatic carbocycles. The van der Waals surface area contributed by atoms with Gasteiger partial charge in [0.1, 0.15) is 0 Å². The van der Waals surface area contributed by atoms with Crippen molar-refractivity contribution in [2.75, 3.05) is 25.6 Å². The van der Waals surface area contributed by atoms with Crippen molar-refractivity contribution in [3.8, 4) is 5.69 Å². The number of benzene rings is 1. The zero-order valence-corrected chi connectivity index (χ0v) is 13.5. The Morgan fingerprint density at radius 1 is 1.47 bits per heavy atom. The maximum atomic E-state index is 6.28. The zero-order valence-electron chi connectivity index (χ0n) is 10.6. The van der Waals surface area contributed by atoms with E-state index in [4.69, 9.17) is 16.3 Å². The van der Waals surface area contributed by atoms with Gasteiger partial charge in [-0.1, -0.05) is 11.6 Å². The minimum Gasteiger partial charge on any atom is -0.385 e. The van der Waals surface area contributed by atoms with E-state index in [0.29, 0.717) is 5.02 Å². The van der Waals surface area contributed by atoms with E-state index in [1.165, 1.54) is 0 Å². The summed E-state index contributed by atoms with van der Waals surface area (Å²) in [4.78, 5) is 4.30. The predicted octanol–water partition coefficient (Wildman–Crippen LogP) is 3.58. The number of nitrogens with one attached hydrogen (secondary N) is 1. The Morgan fingerprint density at radius 3 is 3.05 bits per heavy atom. The van der Waals surface area contributed by atoms with E-state index in [1.54, 1.807) is 13.3 Å². The molecule has 2 rings (SSSR count). The summed E-state index contributed by atoms with van der Waals surface area (Å²) in [6, 6.07) is 5.95. The summed E-state index contributed by atoms with van der Waals surface area (Å²) in [5, 5.41) is 3.99. The third-order valence-electron chi connectivity index (χ3n) is 2.62. The van der Waals surface area contributed by atoms with Gasteiger partial charge in [0.2, 0.25) is 5.95 Å². The number of anilines is 1. The molecule has 0 saturated heterocycles. The lowest BCUT2D eigenvalue weighted by molar-refractivity contribution is 0.197. The Hall–Kier alpha value is -0.790. The van der Waals surface area contributed by atoms with E-state index in [-0.39, 0.29) is 0 Å². The summed E-state index contributed by atoms with van der Waals surface area (Å²) in [5.74, 6) is 0.791. The molecule has 2 aromatic rings. The summed E-state index contributed by atoms with van der Waals surface area (Å²) in [6.45, 7) is 1.55. The van der Waals surface area contributed by atoms with E-state index in [9.17, 15) is 0 Å². The minimum atomic E-state index is 0.713. The molecular formula is C13H15ClIN3O. The van der Waals surface area contributed by atoms with Gasteiger partial charge >= 0.3 is 0 Å². The standard InChI is InChI=1S/C13H15ClIN3O/c1-19-8-2-5-16-13-17-6-7-18(13)12-4-3-10(15)9-11(12)14/h3-4,6-7,9H,2,5,8H2,1H3,(H,16,17). The van der Waals surface area contributed by atoms with Gasteiger partial charge in [0.25, 0.3) is 0 Å². The van der Waals surface area contributed by atoms with Crippen molar-refractivity contribution in [3.05, 3.63) is 39.2 Å². The van der Waals surface area contributed by atoms with Gasteiger partial charge in [0, 0.05) is 36.2 Å². The van der Waals surface area contributed by atoms with Crippen LogP contribution < -0.4 is 5.32 Å². The van der Waals surface area contributed by atoms with Crippen LogP contribution in [0.25, 0.3) is 5.69 Å². The highest BCUT2D eigenvalue weighted by Crippen LogP contribution is 2.25. The average molecular weight is 392 g/mol. The van der Waals surface area contributed by atoms with Gasteiger partial charge in [-0.2, -0.15) is 0 Å². The first-order chi connectivity index (χ1) is 9.22. The number of ether oxygens (including phenoxy) is 1. The normalized spacial score (nSPS) is 10.7. The predicted molar refractivity (Wildman–Crippen MR) is 86.3 cm³/mol. The van der Waals surface area contributed by atoms with E-state index in [2.05, 4.69) is 32.9 Å². The fraction of sp³-hybridized carbons (Fsp3) is 0.308. The van der Waals surface area contributed by atoms with Gasteiger partial charge in [-0.3, -0.25) is 4.57 Å². The molecule has 1 aromatic heterocycles. The number of hydrogen-bond donors (Lipinski definition) is 1. The number of halogens is 2. The van der Waals surface area contributed by atoms with Crippen LogP contribution in [0.4, 0.5) is 5.95 Å². The maximum absolute atomic E-state index is 6.28. The van der Waals surface area contributed by atoms with Crippen LogP contribution in [-0.4, -0.2) is 29.8 Å². The highest BCUT2D eigenvalue weighted by molar-refractivity contribution is 14.1. The van der Waals surface area contributed by atoms with Crippen LogP contribution in [-0.2, 0) is 4.74 Å². The SMILES string of the molecule is COCCCNc1nccn1-c1ccc(I)cc1Cl. The van der Waals surface area contributed by atoms with Gasteiger partial charge < -0.3 is 10.1 Å². The number of imidazole rings is 1. The quantitative estimate of drug-likeness (QED) is 0.604. The number of aromatic nitrogens is 2. The van der Waals surface area contributed by atoms with Crippen LogP contribution >= 0.6 is 34.2 Å². The smallest absolute Gasteiger partial charge is 0.207 e. The lowest BCUT2D eigenvalue weighted by Crippen LogP contribution is -2.09. The fourth-order valence-electron chi connectivity index (χ4n) is 1.72. The molecular weight excluding hydrogens is 377 g/mol. The highest BCUT2D eigenvalue weighted by Gasteiger charge is 2.08. The summed E-state index contributed by atoms with van der Waals surface area (Å²) in [7, 11) is 1.70. The third-order valence-corrected chi connectivity index (χ3v) is 3.59. The number of rotatable bonds is 6. The fourth-order valence-corrected chi connectivity index (χ4v) is 2.67. The lowest BCUT2D eigenvalue weighted by atomic mass is 10.3. The van der Waals surface area contributed by atoms with E-state index < -0.39 is 0 Å². The second-order valence-electron chi connectivity index (χ2n) is 3.99. The van der Waals surface area contributed by atoms with Crippen LogP contribution in [0.1, 0.15) is 6.42 Å². The average Bonchev–Trinajstić information content (AvgIpc) is 2.83. The summed E-state index contributed by atoms with van der Waals surface area (Å²) < 4.78 is 8.08. The molecule has 102 valence electrons. The van der Waals surface area contributed by atoms with Crippen LogP contribution in [0.2, 0.25) is 5.02 Å². The van der Waals surface area contributed by atoms with Gasteiger partial charge in [0.05, 0.1) is 10.7 Å². The van der Waals surface area contributed by atoms with Crippen LogP contribution in [0.3, 0.4) is 0 Å². The van der Waals surface area contributed by atoms with Crippen molar-refractivity contribution in [1.29, 1.82) is 0 Å². The molecule has 0 amide bonds. The molecule has 0 aliphatic rings. The van der Waals surface area contributed by atoms with Gasteiger partial charge in [-0.15, -0.1) is 0 Å². The Balaban J connectivity index is 2.14. The second kappa shape index (κ2) is 7.12. The van der Waals surface area contributed by atoms with Crippen LogP contribution in [0, 0.1) is 3.57 Å². The van der Waals surface area contributed by atoms with Crippen molar-refractivity contribution >= 4 is 40.1 Å². The molecule has 1 N–H and O–H groups in total. The molecule has 0 bridgehead atoms. The molecule has 0 saturated carbocycles. The molecule has 0 aliphatic heterocycles. The molecule has 6 heteroatoms. The van der Waals surface area contributed by atoms with Crippen LogP contribution in [0.5, 0.6) is 0 Å². The first kappa shape index (κ1) is 14.6. The van der Waals surface area contributed by atoms with E-state index in [1.807, 2.05) is 29.0 Å². The number of hydrogen-bond acceptors (Lipinski definition) is 3. The maximum Gasteiger partial charge on any atom is 0.207 e. The molecule has 19 heavy (non-hydrogen) atoms. The van der Waals surface area contributed by atoms with Gasteiger partial charge in [-0.05, 0) is 47.2 Å². The summed E-state index contributed by atoms with van der Waals surface area (Å²) >= 11 is 8.52. The van der Waals surface area contributed by atoms with E-state index >= 15 is 0 Å². The largest absolute Gasteiger partial charge is 0.385 e. The Morgan fingerprint density at radius 2 is 2.32 bits per heavy atom. The van der Waals surface area contributed by atoms with Crippen molar-refractivity contribution < 1.29 is 4.74 Å². The molecule has 0 atom stereocenters. The van der Waals surface area contributed by atoms with Gasteiger partial charge in [0.15, 0.2) is 0 Å². The molecule has 4 nitrogen and oxygen atoms in total. The minimum absolute atomic E-state index is 0.713. The topological polar surface area (TPSA) is 39.1 Å². The molecule has 0 spiro atoms. The van der Waals surface area contributed by atoms with Crippen molar-refractivity contribution in [3.63, 3.8) is 0 Å². The molecule has 0 unspecified atom stereocenters. The molecule has 0 radical (unpaired) electrons. The van der Waals surface area contributed by atoms with Gasteiger partial charge in [-0.25, -0.2) is 4.98 Å². The number of nitrogens with zero attached hydrogens (tertiary/aromatic N) is 2. The van der Waals surface area contributed by atoms with E-state index in [0.717, 1.165) is 34.8 Å². The molecule has 1 heterocycles. The Labute approximate surface area is 131 Å². The molecule has 0 fully saturated rings. The lowest BCUT2D eigenvalue weighted by Gasteiger charge is -2.11. The third kappa shape index (κ3) is 3.84. The van der Waals surface area contributed by atoms with Crippen molar-refractivity contribution in [1.82, 2.24) is 9.55 Å². The summed E-state index contributed by atoms with van der Waals surface area (Å²) in [6.07, 6.45) is 4.59. The monoisotopic (exact) mass is 391 g/mol. The Bertz CT molecular complexity index is 544. The van der Waals surface area contributed by atoms with Crippen molar-refractivity contribution in [2.24, 2.45) is 0 Å². The number of methoxy groups -OCH3 is 1. The second-order valence-corrected chi connectivity index (χ2v) is 5.64. The Kier molecular flexibility index (Phi) is 5.47. The first-order valence-corrected chi connectivity index (χ1v) is 7.39. The zero-order chi connectivity index (χ0) is 13.7. The van der Waals surface area contributed by atoms with Crippen molar-refractivity contribution in [2.45, 2.75) is 6.42 Å². The molecule has 1 aromatic carbocycles. The van der Waals surface area contributed by atoms with Crippen LogP contribution in [0.15, 0.2) is 30.6 Å².